The summed E-state index contributed by atoms with van der Waals surface area (Å²) >= 11 is 0. The average Bonchev–Trinajstić information content (AvgIpc) is 3.20. The summed E-state index contributed by atoms with van der Waals surface area (Å²) in [5.41, 5.74) is 0.989. The predicted octanol–water partition coefficient (Wildman–Crippen LogP) is 2.40. The standard InChI is InChI=1S/C18H25N5O2/c1-3-14-20-21-15-4-5-18(8-11-23(14)15)6-9-22(10-7-18)17(24)16-13(2)19-12-25-16/h12H,3-11H2,1-2H3. The zero-order valence-corrected chi connectivity index (χ0v) is 15.0. The minimum absolute atomic E-state index is 0.0242. The topological polar surface area (TPSA) is 77.0 Å². The predicted molar refractivity (Wildman–Crippen MR) is 91.1 cm³/mol. The molecule has 2 aliphatic rings. The molecular weight excluding hydrogens is 318 g/mol. The number of aryl methyl sites for hydroxylation is 3. The third kappa shape index (κ3) is 2.85. The molecule has 25 heavy (non-hydrogen) atoms. The van der Waals surface area contributed by atoms with E-state index >= 15 is 0 Å². The number of carbonyl (C=O) groups is 1. The molecule has 7 nitrogen and oxygen atoms in total. The maximum absolute atomic E-state index is 12.6. The van der Waals surface area contributed by atoms with Gasteiger partial charge >= 0.3 is 0 Å². The van der Waals surface area contributed by atoms with Crippen LogP contribution in [0.15, 0.2) is 10.8 Å². The summed E-state index contributed by atoms with van der Waals surface area (Å²) in [5, 5.41) is 8.69. The van der Waals surface area contributed by atoms with E-state index in [1.54, 1.807) is 0 Å². The van der Waals surface area contributed by atoms with Gasteiger partial charge in [0.05, 0.1) is 5.69 Å². The van der Waals surface area contributed by atoms with Gasteiger partial charge in [-0.15, -0.1) is 10.2 Å². The van der Waals surface area contributed by atoms with Crippen molar-refractivity contribution < 1.29 is 9.21 Å². The summed E-state index contributed by atoms with van der Waals surface area (Å²) in [7, 11) is 0. The largest absolute Gasteiger partial charge is 0.438 e. The number of aromatic nitrogens is 4. The highest BCUT2D eigenvalue weighted by atomic mass is 16.3. The van der Waals surface area contributed by atoms with E-state index in [1.165, 1.54) is 6.39 Å². The Morgan fingerprint density at radius 3 is 2.64 bits per heavy atom. The van der Waals surface area contributed by atoms with E-state index in [0.29, 0.717) is 16.9 Å². The van der Waals surface area contributed by atoms with Gasteiger partial charge < -0.3 is 13.9 Å². The quantitative estimate of drug-likeness (QED) is 0.837. The Kier molecular flexibility index (Phi) is 4.09. The molecule has 134 valence electrons. The monoisotopic (exact) mass is 343 g/mol. The van der Waals surface area contributed by atoms with Crippen molar-refractivity contribution in [1.82, 2.24) is 24.6 Å². The Labute approximate surface area is 147 Å². The molecule has 0 radical (unpaired) electrons. The molecule has 0 aliphatic carbocycles. The molecule has 1 spiro atoms. The lowest BCUT2D eigenvalue weighted by molar-refractivity contribution is 0.0506. The zero-order valence-electron chi connectivity index (χ0n) is 15.0. The Balaban J connectivity index is 1.42. The molecule has 2 aromatic heterocycles. The second kappa shape index (κ2) is 6.28. The molecule has 1 fully saturated rings. The van der Waals surface area contributed by atoms with Crippen LogP contribution in [-0.4, -0.2) is 43.6 Å². The van der Waals surface area contributed by atoms with Crippen molar-refractivity contribution in [1.29, 1.82) is 0 Å². The van der Waals surface area contributed by atoms with Crippen LogP contribution >= 0.6 is 0 Å². The lowest BCUT2D eigenvalue weighted by Gasteiger charge is -2.41. The first kappa shape index (κ1) is 16.3. The fourth-order valence-electron chi connectivity index (χ4n) is 4.26. The van der Waals surface area contributed by atoms with Gasteiger partial charge in [-0.25, -0.2) is 4.98 Å². The fraction of sp³-hybridized carbons (Fsp3) is 0.667. The van der Waals surface area contributed by atoms with Gasteiger partial charge in [-0.2, -0.15) is 0 Å². The molecule has 2 aliphatic heterocycles. The Morgan fingerprint density at radius 1 is 1.20 bits per heavy atom. The van der Waals surface area contributed by atoms with Crippen molar-refractivity contribution in [2.24, 2.45) is 5.41 Å². The van der Waals surface area contributed by atoms with E-state index in [9.17, 15) is 4.79 Å². The molecule has 1 amide bonds. The van der Waals surface area contributed by atoms with E-state index in [1.807, 2.05) is 11.8 Å². The summed E-state index contributed by atoms with van der Waals surface area (Å²) in [4.78, 5) is 18.6. The highest BCUT2D eigenvalue weighted by molar-refractivity contribution is 5.92. The van der Waals surface area contributed by atoms with E-state index < -0.39 is 0 Å². The molecule has 0 atom stereocenters. The van der Waals surface area contributed by atoms with Crippen LogP contribution in [0.25, 0.3) is 0 Å². The molecular formula is C18H25N5O2. The molecule has 4 rings (SSSR count). The van der Waals surface area contributed by atoms with Gasteiger partial charge in [0.25, 0.3) is 5.91 Å². The van der Waals surface area contributed by atoms with Gasteiger partial charge in [-0.3, -0.25) is 4.79 Å². The highest BCUT2D eigenvalue weighted by Gasteiger charge is 2.38. The van der Waals surface area contributed by atoms with Crippen molar-refractivity contribution in [2.75, 3.05) is 13.1 Å². The summed E-state index contributed by atoms with van der Waals surface area (Å²) in [6, 6.07) is 0. The number of rotatable bonds is 2. The maximum Gasteiger partial charge on any atom is 0.291 e. The minimum Gasteiger partial charge on any atom is -0.438 e. The van der Waals surface area contributed by atoms with Crippen LogP contribution in [0.5, 0.6) is 0 Å². The van der Waals surface area contributed by atoms with Crippen LogP contribution in [-0.2, 0) is 19.4 Å². The van der Waals surface area contributed by atoms with Crippen molar-refractivity contribution in [3.05, 3.63) is 29.5 Å². The second-order valence-corrected chi connectivity index (χ2v) is 7.35. The van der Waals surface area contributed by atoms with E-state index in [-0.39, 0.29) is 5.91 Å². The van der Waals surface area contributed by atoms with Gasteiger partial charge in [0.15, 0.2) is 6.39 Å². The molecule has 0 bridgehead atoms. The first-order chi connectivity index (χ1) is 12.1. The fourth-order valence-corrected chi connectivity index (χ4v) is 4.26. The van der Waals surface area contributed by atoms with Crippen LogP contribution < -0.4 is 0 Å². The third-order valence-electron chi connectivity index (χ3n) is 6.02. The Morgan fingerprint density at radius 2 is 1.96 bits per heavy atom. The Bertz CT molecular complexity index is 770. The molecule has 2 aromatic rings. The van der Waals surface area contributed by atoms with E-state index in [2.05, 4.69) is 26.7 Å². The third-order valence-corrected chi connectivity index (χ3v) is 6.02. The molecule has 0 saturated carbocycles. The number of hydrogen-bond donors (Lipinski definition) is 0. The van der Waals surface area contributed by atoms with Crippen LogP contribution in [0.1, 0.15) is 60.5 Å². The van der Waals surface area contributed by atoms with Crippen LogP contribution in [0.2, 0.25) is 0 Å². The SMILES string of the molecule is CCc1nnc2n1CCC1(CC2)CCN(C(=O)c2ocnc2C)CC1. The molecule has 1 saturated heterocycles. The summed E-state index contributed by atoms with van der Waals surface area (Å²) < 4.78 is 7.58. The zero-order chi connectivity index (χ0) is 17.4. The minimum atomic E-state index is -0.0242. The Hall–Kier alpha value is -2.18. The number of likely N-dealkylation sites (tertiary alicyclic amines) is 1. The number of carbonyl (C=O) groups excluding carboxylic acids is 1. The number of nitrogens with zero attached hydrogens (tertiary/aromatic N) is 5. The molecule has 0 aromatic carbocycles. The first-order valence-electron chi connectivity index (χ1n) is 9.22. The van der Waals surface area contributed by atoms with E-state index in [4.69, 9.17) is 4.42 Å². The van der Waals surface area contributed by atoms with Crippen molar-refractivity contribution >= 4 is 5.91 Å². The first-order valence-corrected chi connectivity index (χ1v) is 9.22. The van der Waals surface area contributed by atoms with E-state index in [0.717, 1.165) is 69.8 Å². The van der Waals surface area contributed by atoms with Crippen molar-refractivity contribution in [3.8, 4) is 0 Å². The maximum atomic E-state index is 12.6. The molecule has 0 unspecified atom stereocenters. The second-order valence-electron chi connectivity index (χ2n) is 7.35. The van der Waals surface area contributed by atoms with Gasteiger partial charge in [0, 0.05) is 32.5 Å². The van der Waals surface area contributed by atoms with Crippen LogP contribution in [0.4, 0.5) is 0 Å². The molecule has 7 heteroatoms. The summed E-state index contributed by atoms with van der Waals surface area (Å²) in [5.74, 6) is 2.59. The van der Waals surface area contributed by atoms with Crippen molar-refractivity contribution in [2.45, 2.75) is 58.9 Å². The number of piperidine rings is 1. The normalized spacial score (nSPS) is 19.7. The summed E-state index contributed by atoms with van der Waals surface area (Å²) in [6.45, 7) is 6.53. The van der Waals surface area contributed by atoms with Crippen LogP contribution in [0.3, 0.4) is 0 Å². The number of hydrogen-bond acceptors (Lipinski definition) is 5. The van der Waals surface area contributed by atoms with Gasteiger partial charge in [-0.1, -0.05) is 6.92 Å². The number of oxazole rings is 1. The van der Waals surface area contributed by atoms with Crippen molar-refractivity contribution in [3.63, 3.8) is 0 Å². The lowest BCUT2D eigenvalue weighted by Crippen LogP contribution is -2.43. The van der Waals surface area contributed by atoms with Gasteiger partial charge in [0.2, 0.25) is 5.76 Å². The smallest absolute Gasteiger partial charge is 0.291 e. The van der Waals surface area contributed by atoms with Gasteiger partial charge in [-0.05, 0) is 38.0 Å². The average molecular weight is 343 g/mol. The number of amides is 1. The highest BCUT2D eigenvalue weighted by Crippen LogP contribution is 2.42. The lowest BCUT2D eigenvalue weighted by atomic mass is 9.72. The van der Waals surface area contributed by atoms with Gasteiger partial charge in [0.1, 0.15) is 11.6 Å². The summed E-state index contributed by atoms with van der Waals surface area (Å²) in [6.07, 6.45) is 7.64. The number of fused-ring (bicyclic) bond motifs is 1. The van der Waals surface area contributed by atoms with Crippen LogP contribution in [0, 0.1) is 12.3 Å². The molecule has 4 heterocycles. The molecule has 0 N–H and O–H groups in total.